The molecule has 116 valence electrons. The molecule has 0 spiro atoms. The molecule has 1 aliphatic rings. The van der Waals surface area contributed by atoms with E-state index in [1.807, 2.05) is 30.0 Å². The van der Waals surface area contributed by atoms with Crippen LogP contribution in [-0.2, 0) is 6.42 Å². The minimum Gasteiger partial charge on any atom is -0.396 e. The molecule has 1 aliphatic heterocycles. The number of piperidine rings is 1. The van der Waals surface area contributed by atoms with Gasteiger partial charge in [0.1, 0.15) is 0 Å². The summed E-state index contributed by atoms with van der Waals surface area (Å²) in [6.45, 7) is 3.70. The fourth-order valence-corrected chi connectivity index (χ4v) is 2.80. The standard InChI is InChI=1S/C17H26N2O2/c1-14(9-10-15-6-3-2-4-7-15)18-17(21)19-11-5-8-16(12-19)13-20/h2-4,6-7,14,16,20H,5,8-13H2,1H3,(H,18,21). The predicted molar refractivity (Wildman–Crippen MR) is 84.1 cm³/mol. The van der Waals surface area contributed by atoms with E-state index in [2.05, 4.69) is 17.4 Å². The number of aryl methyl sites for hydroxylation is 1. The van der Waals surface area contributed by atoms with E-state index >= 15 is 0 Å². The number of hydrogen-bond donors (Lipinski definition) is 2. The number of nitrogens with zero attached hydrogens (tertiary/aromatic N) is 1. The summed E-state index contributed by atoms with van der Waals surface area (Å²) in [4.78, 5) is 14.1. The van der Waals surface area contributed by atoms with Crippen molar-refractivity contribution >= 4 is 6.03 Å². The Bertz CT molecular complexity index is 436. The van der Waals surface area contributed by atoms with Crippen LogP contribution < -0.4 is 5.32 Å². The van der Waals surface area contributed by atoms with Crippen LogP contribution in [0.5, 0.6) is 0 Å². The third-order valence-corrected chi connectivity index (χ3v) is 4.14. The Morgan fingerprint density at radius 1 is 1.43 bits per heavy atom. The largest absolute Gasteiger partial charge is 0.396 e. The van der Waals surface area contributed by atoms with E-state index < -0.39 is 0 Å². The number of nitrogens with one attached hydrogen (secondary N) is 1. The molecule has 2 unspecified atom stereocenters. The number of aliphatic hydroxyl groups is 1. The van der Waals surface area contributed by atoms with Crippen molar-refractivity contribution in [3.05, 3.63) is 35.9 Å². The summed E-state index contributed by atoms with van der Waals surface area (Å²) in [6.07, 6.45) is 3.91. The number of rotatable bonds is 5. The van der Waals surface area contributed by atoms with Crippen molar-refractivity contribution in [2.45, 2.75) is 38.6 Å². The summed E-state index contributed by atoms with van der Waals surface area (Å²) in [7, 11) is 0. The van der Waals surface area contributed by atoms with Gasteiger partial charge in [0.05, 0.1) is 0 Å². The molecule has 1 aromatic carbocycles. The van der Waals surface area contributed by atoms with Gasteiger partial charge in [-0.3, -0.25) is 0 Å². The average molecular weight is 290 g/mol. The second-order valence-electron chi connectivity index (χ2n) is 6.01. The fraction of sp³-hybridized carbons (Fsp3) is 0.588. The number of amides is 2. The minimum absolute atomic E-state index is 0.00807. The van der Waals surface area contributed by atoms with Gasteiger partial charge in [0.2, 0.25) is 0 Å². The third-order valence-electron chi connectivity index (χ3n) is 4.14. The van der Waals surface area contributed by atoms with E-state index in [-0.39, 0.29) is 24.6 Å². The Labute approximate surface area is 127 Å². The SMILES string of the molecule is CC(CCc1ccccc1)NC(=O)N1CCCC(CO)C1. The molecule has 21 heavy (non-hydrogen) atoms. The number of carbonyl (C=O) groups excluding carboxylic acids is 1. The first-order valence-corrected chi connectivity index (χ1v) is 7.89. The number of hydrogen-bond acceptors (Lipinski definition) is 2. The van der Waals surface area contributed by atoms with Crippen LogP contribution in [0.1, 0.15) is 31.7 Å². The maximum atomic E-state index is 12.2. The van der Waals surface area contributed by atoms with Crippen LogP contribution in [0.25, 0.3) is 0 Å². The molecule has 2 N–H and O–H groups in total. The first kappa shape index (κ1) is 15.8. The minimum atomic E-state index is 0.00807. The van der Waals surface area contributed by atoms with E-state index in [9.17, 15) is 9.90 Å². The number of likely N-dealkylation sites (tertiary alicyclic amines) is 1. The van der Waals surface area contributed by atoms with Gasteiger partial charge >= 0.3 is 6.03 Å². The number of carbonyl (C=O) groups is 1. The zero-order chi connectivity index (χ0) is 15.1. The van der Waals surface area contributed by atoms with E-state index in [0.717, 1.165) is 32.2 Å². The van der Waals surface area contributed by atoms with Crippen LogP contribution in [0.2, 0.25) is 0 Å². The van der Waals surface area contributed by atoms with Crippen molar-refractivity contribution in [2.75, 3.05) is 19.7 Å². The first-order valence-electron chi connectivity index (χ1n) is 7.89. The van der Waals surface area contributed by atoms with Crippen molar-refractivity contribution < 1.29 is 9.90 Å². The first-order chi connectivity index (χ1) is 10.2. The van der Waals surface area contributed by atoms with Gasteiger partial charge in [0, 0.05) is 25.7 Å². The summed E-state index contributed by atoms with van der Waals surface area (Å²) >= 11 is 0. The molecule has 0 aromatic heterocycles. The zero-order valence-electron chi connectivity index (χ0n) is 12.8. The molecule has 1 saturated heterocycles. The fourth-order valence-electron chi connectivity index (χ4n) is 2.80. The summed E-state index contributed by atoms with van der Waals surface area (Å²) in [5.41, 5.74) is 1.30. The molecule has 0 radical (unpaired) electrons. The quantitative estimate of drug-likeness (QED) is 0.875. The van der Waals surface area contributed by atoms with Gasteiger partial charge in [-0.05, 0) is 44.1 Å². The zero-order valence-corrected chi connectivity index (χ0v) is 12.8. The molecular formula is C17H26N2O2. The van der Waals surface area contributed by atoms with Crippen molar-refractivity contribution in [2.24, 2.45) is 5.92 Å². The van der Waals surface area contributed by atoms with Crippen LogP contribution in [0.15, 0.2) is 30.3 Å². The van der Waals surface area contributed by atoms with Gasteiger partial charge in [-0.15, -0.1) is 0 Å². The summed E-state index contributed by atoms with van der Waals surface area (Å²) in [5.74, 6) is 0.240. The smallest absolute Gasteiger partial charge is 0.317 e. The summed E-state index contributed by atoms with van der Waals surface area (Å²) in [5, 5.41) is 12.3. The summed E-state index contributed by atoms with van der Waals surface area (Å²) < 4.78 is 0. The van der Waals surface area contributed by atoms with Crippen LogP contribution in [0.4, 0.5) is 4.79 Å². The lowest BCUT2D eigenvalue weighted by Gasteiger charge is -2.32. The maximum Gasteiger partial charge on any atom is 0.317 e. The Morgan fingerprint density at radius 3 is 2.90 bits per heavy atom. The molecule has 1 heterocycles. The molecule has 0 bridgehead atoms. The summed E-state index contributed by atoms with van der Waals surface area (Å²) in [6, 6.07) is 10.5. The predicted octanol–water partition coefficient (Wildman–Crippen LogP) is 2.42. The molecule has 2 atom stereocenters. The molecule has 2 amide bonds. The van der Waals surface area contributed by atoms with E-state index in [1.165, 1.54) is 5.56 Å². The van der Waals surface area contributed by atoms with Gasteiger partial charge in [-0.25, -0.2) is 4.79 Å². The van der Waals surface area contributed by atoms with Crippen LogP contribution >= 0.6 is 0 Å². The number of benzene rings is 1. The van der Waals surface area contributed by atoms with Crippen molar-refractivity contribution in [3.63, 3.8) is 0 Å². The van der Waals surface area contributed by atoms with E-state index in [4.69, 9.17) is 0 Å². The highest BCUT2D eigenvalue weighted by molar-refractivity contribution is 5.74. The lowest BCUT2D eigenvalue weighted by molar-refractivity contribution is 0.128. The van der Waals surface area contributed by atoms with Crippen LogP contribution in [0.3, 0.4) is 0 Å². The highest BCUT2D eigenvalue weighted by atomic mass is 16.3. The molecule has 0 aliphatic carbocycles. The lowest BCUT2D eigenvalue weighted by atomic mass is 9.99. The van der Waals surface area contributed by atoms with Crippen LogP contribution in [0, 0.1) is 5.92 Å². The lowest BCUT2D eigenvalue weighted by Crippen LogP contribution is -2.48. The number of aliphatic hydroxyl groups excluding tert-OH is 1. The Morgan fingerprint density at radius 2 is 2.19 bits per heavy atom. The van der Waals surface area contributed by atoms with Crippen LogP contribution in [-0.4, -0.2) is 41.8 Å². The second kappa shape index (κ2) is 8.03. The topological polar surface area (TPSA) is 52.6 Å². The van der Waals surface area contributed by atoms with Crippen molar-refractivity contribution in [1.29, 1.82) is 0 Å². The maximum absolute atomic E-state index is 12.2. The molecular weight excluding hydrogens is 264 g/mol. The van der Waals surface area contributed by atoms with E-state index in [0.29, 0.717) is 6.54 Å². The van der Waals surface area contributed by atoms with Gasteiger partial charge in [-0.2, -0.15) is 0 Å². The van der Waals surface area contributed by atoms with E-state index in [1.54, 1.807) is 0 Å². The second-order valence-corrected chi connectivity index (χ2v) is 6.01. The Kier molecular flexibility index (Phi) is 6.05. The van der Waals surface area contributed by atoms with Gasteiger partial charge in [-0.1, -0.05) is 30.3 Å². The molecule has 1 fully saturated rings. The van der Waals surface area contributed by atoms with Gasteiger partial charge in [0.15, 0.2) is 0 Å². The number of urea groups is 1. The van der Waals surface area contributed by atoms with Crippen molar-refractivity contribution in [3.8, 4) is 0 Å². The normalized spacial score (nSPS) is 20.1. The Balaban J connectivity index is 1.74. The molecule has 4 nitrogen and oxygen atoms in total. The molecule has 4 heteroatoms. The average Bonchev–Trinajstić information content (AvgIpc) is 2.54. The molecule has 1 aromatic rings. The molecule has 0 saturated carbocycles. The van der Waals surface area contributed by atoms with Gasteiger partial charge in [0.25, 0.3) is 0 Å². The highest BCUT2D eigenvalue weighted by Crippen LogP contribution is 2.16. The monoisotopic (exact) mass is 290 g/mol. The van der Waals surface area contributed by atoms with Gasteiger partial charge < -0.3 is 15.3 Å². The third kappa shape index (κ3) is 5.05. The molecule has 2 rings (SSSR count). The Hall–Kier alpha value is -1.55. The van der Waals surface area contributed by atoms with Crippen molar-refractivity contribution in [1.82, 2.24) is 10.2 Å². The highest BCUT2D eigenvalue weighted by Gasteiger charge is 2.23.